The number of rotatable bonds is 4. The zero-order chi connectivity index (χ0) is 18.8. The second-order valence-electron chi connectivity index (χ2n) is 6.76. The average molecular weight is 384 g/mol. The molecule has 6 heteroatoms. The number of benzene rings is 2. The Bertz CT molecular complexity index is 963. The zero-order valence-corrected chi connectivity index (χ0v) is 16.2. The van der Waals surface area contributed by atoms with Gasteiger partial charge in [0, 0.05) is 35.5 Å². The Morgan fingerprint density at radius 3 is 2.67 bits per heavy atom. The van der Waals surface area contributed by atoms with E-state index in [9.17, 15) is 0 Å². The van der Waals surface area contributed by atoms with Crippen molar-refractivity contribution in [2.24, 2.45) is 0 Å². The molecule has 1 fully saturated rings. The molecule has 1 aliphatic rings. The van der Waals surface area contributed by atoms with Gasteiger partial charge in [-0.25, -0.2) is 0 Å². The van der Waals surface area contributed by atoms with Gasteiger partial charge in [0.1, 0.15) is 0 Å². The minimum atomic E-state index is 0.399. The normalized spacial score (nSPS) is 17.1. The van der Waals surface area contributed by atoms with Gasteiger partial charge in [0.15, 0.2) is 11.5 Å². The molecule has 0 bridgehead atoms. The van der Waals surface area contributed by atoms with Crippen LogP contribution in [0.25, 0.3) is 10.9 Å². The van der Waals surface area contributed by atoms with Crippen LogP contribution in [0.3, 0.4) is 0 Å². The van der Waals surface area contributed by atoms with Gasteiger partial charge >= 0.3 is 0 Å². The molecular formula is C21H22ClN3O2. The van der Waals surface area contributed by atoms with Crippen LogP contribution in [-0.2, 0) is 0 Å². The van der Waals surface area contributed by atoms with Crippen molar-refractivity contribution in [2.45, 2.75) is 18.8 Å². The molecule has 0 N–H and O–H groups in total. The molecule has 1 aliphatic heterocycles. The molecule has 1 aromatic heterocycles. The number of fused-ring (bicyclic) bond motifs is 1. The SMILES string of the molecule is COc1cc2nncc(N3CCCC(c4ccccc4Cl)C3)c2cc1OC. The first kappa shape index (κ1) is 17.9. The Hall–Kier alpha value is -2.53. The molecule has 140 valence electrons. The fourth-order valence-corrected chi connectivity index (χ4v) is 4.17. The third-order valence-corrected chi connectivity index (χ3v) is 5.57. The predicted octanol–water partition coefficient (Wildman–Crippen LogP) is 4.68. The minimum Gasteiger partial charge on any atom is -0.493 e. The second-order valence-corrected chi connectivity index (χ2v) is 7.17. The lowest BCUT2D eigenvalue weighted by molar-refractivity contribution is 0.355. The third-order valence-electron chi connectivity index (χ3n) is 5.23. The maximum absolute atomic E-state index is 6.45. The van der Waals surface area contributed by atoms with E-state index >= 15 is 0 Å². The van der Waals surface area contributed by atoms with E-state index in [1.165, 1.54) is 5.56 Å². The van der Waals surface area contributed by atoms with Gasteiger partial charge in [0.25, 0.3) is 0 Å². The van der Waals surface area contributed by atoms with E-state index in [1.807, 2.05) is 30.5 Å². The summed E-state index contributed by atoms with van der Waals surface area (Å²) >= 11 is 6.45. The first-order valence-corrected chi connectivity index (χ1v) is 9.46. The Kier molecular flexibility index (Phi) is 5.03. The molecule has 27 heavy (non-hydrogen) atoms. The topological polar surface area (TPSA) is 47.5 Å². The van der Waals surface area contributed by atoms with Crippen LogP contribution in [0.2, 0.25) is 5.02 Å². The number of hydrogen-bond donors (Lipinski definition) is 0. The molecule has 1 saturated heterocycles. The first-order chi connectivity index (χ1) is 13.2. The minimum absolute atomic E-state index is 0.399. The van der Waals surface area contributed by atoms with Crippen LogP contribution in [0, 0.1) is 0 Å². The maximum atomic E-state index is 6.45. The van der Waals surface area contributed by atoms with Gasteiger partial charge in [0.2, 0.25) is 0 Å². The van der Waals surface area contributed by atoms with Crippen molar-refractivity contribution in [2.75, 3.05) is 32.2 Å². The molecule has 1 atom stereocenters. The Labute approximate surface area is 163 Å². The first-order valence-electron chi connectivity index (χ1n) is 9.08. The number of anilines is 1. The van der Waals surface area contributed by atoms with Crippen molar-refractivity contribution in [3.8, 4) is 11.5 Å². The van der Waals surface area contributed by atoms with Crippen LogP contribution in [0.1, 0.15) is 24.3 Å². The van der Waals surface area contributed by atoms with E-state index in [2.05, 4.69) is 27.2 Å². The highest BCUT2D eigenvalue weighted by molar-refractivity contribution is 6.31. The zero-order valence-electron chi connectivity index (χ0n) is 15.5. The van der Waals surface area contributed by atoms with Crippen LogP contribution in [-0.4, -0.2) is 37.5 Å². The molecule has 0 spiro atoms. The van der Waals surface area contributed by atoms with Crippen molar-refractivity contribution in [3.05, 3.63) is 53.2 Å². The maximum Gasteiger partial charge on any atom is 0.162 e. The lowest BCUT2D eigenvalue weighted by atomic mass is 9.90. The fraction of sp³-hybridized carbons (Fsp3) is 0.333. The summed E-state index contributed by atoms with van der Waals surface area (Å²) < 4.78 is 10.9. The Morgan fingerprint density at radius 2 is 1.89 bits per heavy atom. The molecule has 3 aromatic rings. The van der Waals surface area contributed by atoms with Crippen molar-refractivity contribution in [1.29, 1.82) is 0 Å². The summed E-state index contributed by atoms with van der Waals surface area (Å²) in [6.45, 7) is 1.88. The van der Waals surface area contributed by atoms with Gasteiger partial charge < -0.3 is 14.4 Å². The van der Waals surface area contributed by atoms with Gasteiger partial charge in [-0.2, -0.15) is 10.2 Å². The molecule has 2 aromatic carbocycles. The number of nitrogens with zero attached hydrogens (tertiary/aromatic N) is 3. The summed E-state index contributed by atoms with van der Waals surface area (Å²) in [5.74, 6) is 1.75. The van der Waals surface area contributed by atoms with Crippen LogP contribution >= 0.6 is 11.6 Å². The number of halogens is 1. The third kappa shape index (κ3) is 3.39. The molecule has 4 rings (SSSR count). The largest absolute Gasteiger partial charge is 0.493 e. The predicted molar refractivity (Wildman–Crippen MR) is 108 cm³/mol. The summed E-state index contributed by atoms with van der Waals surface area (Å²) in [4.78, 5) is 2.38. The molecule has 0 amide bonds. The van der Waals surface area contributed by atoms with Gasteiger partial charge in [-0.15, -0.1) is 0 Å². The van der Waals surface area contributed by atoms with E-state index < -0.39 is 0 Å². The molecule has 0 radical (unpaired) electrons. The van der Waals surface area contributed by atoms with E-state index in [4.69, 9.17) is 21.1 Å². The number of ether oxygens (including phenoxy) is 2. The van der Waals surface area contributed by atoms with Crippen molar-refractivity contribution in [3.63, 3.8) is 0 Å². The van der Waals surface area contributed by atoms with E-state index in [1.54, 1.807) is 14.2 Å². The highest BCUT2D eigenvalue weighted by Gasteiger charge is 2.25. The number of methoxy groups -OCH3 is 2. The highest BCUT2D eigenvalue weighted by Crippen LogP contribution is 2.38. The summed E-state index contributed by atoms with van der Waals surface area (Å²) in [5.41, 5.74) is 3.08. The number of piperidine rings is 1. The lowest BCUT2D eigenvalue weighted by Gasteiger charge is -2.35. The summed E-state index contributed by atoms with van der Waals surface area (Å²) in [6.07, 6.45) is 4.07. The van der Waals surface area contributed by atoms with Gasteiger partial charge in [0.05, 0.1) is 31.6 Å². The monoisotopic (exact) mass is 383 g/mol. The smallest absolute Gasteiger partial charge is 0.162 e. The molecule has 1 unspecified atom stereocenters. The van der Waals surface area contributed by atoms with E-state index in [-0.39, 0.29) is 0 Å². The van der Waals surface area contributed by atoms with E-state index in [0.717, 1.165) is 47.5 Å². The Morgan fingerprint density at radius 1 is 1.11 bits per heavy atom. The number of aromatic nitrogens is 2. The van der Waals surface area contributed by atoms with Crippen molar-refractivity contribution >= 4 is 28.2 Å². The van der Waals surface area contributed by atoms with Crippen LogP contribution in [0.15, 0.2) is 42.6 Å². The molecule has 0 aliphatic carbocycles. The fourth-order valence-electron chi connectivity index (χ4n) is 3.88. The van der Waals surface area contributed by atoms with Gasteiger partial charge in [-0.1, -0.05) is 29.8 Å². The van der Waals surface area contributed by atoms with Crippen LogP contribution < -0.4 is 14.4 Å². The van der Waals surface area contributed by atoms with Crippen LogP contribution in [0.4, 0.5) is 5.69 Å². The van der Waals surface area contributed by atoms with Gasteiger partial charge in [-0.05, 0) is 30.5 Å². The molecular weight excluding hydrogens is 362 g/mol. The summed E-state index contributed by atoms with van der Waals surface area (Å²) in [5, 5.41) is 10.4. The quantitative estimate of drug-likeness (QED) is 0.654. The highest BCUT2D eigenvalue weighted by atomic mass is 35.5. The summed E-state index contributed by atoms with van der Waals surface area (Å²) in [7, 11) is 3.27. The lowest BCUT2D eigenvalue weighted by Crippen LogP contribution is -2.34. The average Bonchev–Trinajstić information content (AvgIpc) is 2.72. The Balaban J connectivity index is 1.72. The van der Waals surface area contributed by atoms with Crippen molar-refractivity contribution < 1.29 is 9.47 Å². The second kappa shape index (κ2) is 7.61. The summed E-state index contributed by atoms with van der Waals surface area (Å²) in [6, 6.07) is 12.0. The van der Waals surface area contributed by atoms with E-state index in [0.29, 0.717) is 17.4 Å². The standard InChI is InChI=1S/C21H22ClN3O2/c1-26-20-10-16-18(11-21(20)27-2)24-23-12-19(16)25-9-5-6-14(13-25)15-7-3-4-8-17(15)22/h3-4,7-8,10-12,14H,5-6,9,13H2,1-2H3. The van der Waals surface area contributed by atoms with Crippen molar-refractivity contribution in [1.82, 2.24) is 10.2 Å². The van der Waals surface area contributed by atoms with Crippen LogP contribution in [0.5, 0.6) is 11.5 Å². The van der Waals surface area contributed by atoms with Gasteiger partial charge in [-0.3, -0.25) is 0 Å². The number of hydrogen-bond acceptors (Lipinski definition) is 5. The molecule has 0 saturated carbocycles. The molecule has 2 heterocycles. The molecule has 5 nitrogen and oxygen atoms in total.